The van der Waals surface area contributed by atoms with Gasteiger partial charge in [-0.05, 0) is 44.5 Å². The summed E-state index contributed by atoms with van der Waals surface area (Å²) in [6.07, 6.45) is 0.893. The van der Waals surface area contributed by atoms with Crippen LogP contribution >= 0.6 is 0 Å². The number of carbonyl (C=O) groups excluding carboxylic acids is 1. The first-order valence-corrected chi connectivity index (χ1v) is 6.91. The number of benzene rings is 1. The van der Waals surface area contributed by atoms with Gasteiger partial charge < -0.3 is 16.8 Å². The first-order valence-electron chi connectivity index (χ1n) is 6.91. The highest BCUT2D eigenvalue weighted by molar-refractivity contribution is 5.99. The van der Waals surface area contributed by atoms with Crippen LogP contribution in [0.1, 0.15) is 28.2 Å². The van der Waals surface area contributed by atoms with E-state index in [0.29, 0.717) is 16.9 Å². The number of primary amides is 1. The molecular formula is C15H21N5O. The number of carbonyl (C=O) groups is 1. The summed E-state index contributed by atoms with van der Waals surface area (Å²) in [6.45, 7) is 5.57. The molecule has 0 unspecified atom stereocenters. The lowest BCUT2D eigenvalue weighted by atomic mass is 10.1. The summed E-state index contributed by atoms with van der Waals surface area (Å²) in [7, 11) is 0. The minimum absolute atomic E-state index is 0.418. The van der Waals surface area contributed by atoms with E-state index in [-0.39, 0.29) is 0 Å². The van der Waals surface area contributed by atoms with Crippen molar-refractivity contribution in [2.75, 3.05) is 17.6 Å². The van der Waals surface area contributed by atoms with Crippen LogP contribution in [-0.2, 0) is 6.54 Å². The molecule has 112 valence electrons. The molecule has 0 aliphatic heterocycles. The summed E-state index contributed by atoms with van der Waals surface area (Å²) in [6, 6.07) is 7.17. The average molecular weight is 287 g/mol. The van der Waals surface area contributed by atoms with Gasteiger partial charge in [-0.25, -0.2) is 0 Å². The molecule has 6 heteroatoms. The van der Waals surface area contributed by atoms with E-state index in [1.807, 2.05) is 18.5 Å². The normalized spacial score (nSPS) is 10.6. The third-order valence-electron chi connectivity index (χ3n) is 3.27. The van der Waals surface area contributed by atoms with Gasteiger partial charge in [-0.1, -0.05) is 0 Å². The number of nitrogen functional groups attached to an aromatic ring is 1. The summed E-state index contributed by atoms with van der Waals surface area (Å²) < 4.78 is 1.98. The molecule has 1 amide bonds. The molecule has 6 nitrogen and oxygen atoms in total. The number of amides is 1. The van der Waals surface area contributed by atoms with Crippen LogP contribution in [0.25, 0.3) is 0 Å². The number of nitrogens with two attached hydrogens (primary N) is 2. The molecule has 5 N–H and O–H groups in total. The van der Waals surface area contributed by atoms with Gasteiger partial charge in [0.2, 0.25) is 0 Å². The zero-order valence-electron chi connectivity index (χ0n) is 12.4. The number of rotatable bonds is 6. The molecule has 0 radical (unpaired) electrons. The lowest BCUT2D eigenvalue weighted by molar-refractivity contribution is 0.100. The predicted molar refractivity (Wildman–Crippen MR) is 84.2 cm³/mol. The Kier molecular flexibility index (Phi) is 4.47. The van der Waals surface area contributed by atoms with Crippen LogP contribution in [0.2, 0.25) is 0 Å². The Hall–Kier alpha value is -2.50. The van der Waals surface area contributed by atoms with Crippen molar-refractivity contribution in [1.29, 1.82) is 0 Å². The standard InChI is InChI=1S/C15H21N5O/c1-10-8-11(2)20(19-10)7-3-6-18-14-5-4-12(16)9-13(14)15(17)21/h4-5,8-9,18H,3,6-7,16H2,1-2H3,(H2,17,21). The number of hydrogen-bond acceptors (Lipinski definition) is 4. The third kappa shape index (κ3) is 3.75. The first kappa shape index (κ1) is 14.9. The van der Waals surface area contributed by atoms with Gasteiger partial charge in [0.25, 0.3) is 5.91 Å². The van der Waals surface area contributed by atoms with Gasteiger partial charge in [-0.15, -0.1) is 0 Å². The Morgan fingerprint density at radius 2 is 2.10 bits per heavy atom. The van der Waals surface area contributed by atoms with Crippen LogP contribution in [0.4, 0.5) is 11.4 Å². The third-order valence-corrected chi connectivity index (χ3v) is 3.27. The highest BCUT2D eigenvalue weighted by Gasteiger charge is 2.08. The number of hydrogen-bond donors (Lipinski definition) is 3. The fourth-order valence-electron chi connectivity index (χ4n) is 2.27. The second-order valence-corrected chi connectivity index (χ2v) is 5.10. The summed E-state index contributed by atoms with van der Waals surface area (Å²) >= 11 is 0. The Labute approximate surface area is 124 Å². The van der Waals surface area contributed by atoms with E-state index in [1.165, 1.54) is 0 Å². The minimum atomic E-state index is -0.483. The second-order valence-electron chi connectivity index (χ2n) is 5.10. The molecule has 21 heavy (non-hydrogen) atoms. The van der Waals surface area contributed by atoms with Crippen LogP contribution in [0.3, 0.4) is 0 Å². The Morgan fingerprint density at radius 1 is 1.33 bits per heavy atom. The SMILES string of the molecule is Cc1cc(C)n(CCCNc2ccc(N)cc2C(N)=O)n1. The average Bonchev–Trinajstić information content (AvgIpc) is 2.74. The van der Waals surface area contributed by atoms with Crippen LogP contribution in [0.15, 0.2) is 24.3 Å². The van der Waals surface area contributed by atoms with Crippen molar-refractivity contribution in [2.24, 2.45) is 5.73 Å². The van der Waals surface area contributed by atoms with Gasteiger partial charge in [-0.3, -0.25) is 9.48 Å². The maximum absolute atomic E-state index is 11.4. The van der Waals surface area contributed by atoms with Crippen molar-refractivity contribution in [3.05, 3.63) is 41.2 Å². The molecule has 0 aliphatic rings. The zero-order valence-corrected chi connectivity index (χ0v) is 12.4. The Morgan fingerprint density at radius 3 is 2.71 bits per heavy atom. The molecular weight excluding hydrogens is 266 g/mol. The van der Waals surface area contributed by atoms with E-state index >= 15 is 0 Å². The largest absolute Gasteiger partial charge is 0.399 e. The molecule has 1 aromatic heterocycles. The minimum Gasteiger partial charge on any atom is -0.399 e. The van der Waals surface area contributed by atoms with Crippen LogP contribution in [0, 0.1) is 13.8 Å². The Balaban J connectivity index is 1.92. The van der Waals surface area contributed by atoms with Gasteiger partial charge in [0, 0.05) is 30.2 Å². The lowest BCUT2D eigenvalue weighted by Crippen LogP contribution is -2.16. The van der Waals surface area contributed by atoms with Crippen LogP contribution < -0.4 is 16.8 Å². The van der Waals surface area contributed by atoms with Gasteiger partial charge >= 0.3 is 0 Å². The summed E-state index contributed by atoms with van der Waals surface area (Å²) in [5.74, 6) is -0.483. The summed E-state index contributed by atoms with van der Waals surface area (Å²) in [5.41, 5.74) is 14.9. The van der Waals surface area contributed by atoms with Crippen molar-refractivity contribution >= 4 is 17.3 Å². The molecule has 0 fully saturated rings. The van der Waals surface area contributed by atoms with E-state index < -0.39 is 5.91 Å². The summed E-state index contributed by atoms with van der Waals surface area (Å²) in [4.78, 5) is 11.4. The number of aryl methyl sites for hydroxylation is 3. The molecule has 0 saturated heterocycles. The highest BCUT2D eigenvalue weighted by Crippen LogP contribution is 2.18. The van der Waals surface area contributed by atoms with E-state index in [2.05, 4.69) is 16.5 Å². The molecule has 2 rings (SSSR count). The number of nitrogens with one attached hydrogen (secondary N) is 1. The number of nitrogens with zero attached hydrogens (tertiary/aromatic N) is 2. The maximum atomic E-state index is 11.4. The van der Waals surface area contributed by atoms with Crippen molar-refractivity contribution < 1.29 is 4.79 Å². The lowest BCUT2D eigenvalue weighted by Gasteiger charge is -2.11. The molecule has 0 atom stereocenters. The van der Waals surface area contributed by atoms with Gasteiger partial charge in [0.15, 0.2) is 0 Å². The van der Waals surface area contributed by atoms with Crippen LogP contribution in [0.5, 0.6) is 0 Å². The molecule has 0 aliphatic carbocycles. The monoisotopic (exact) mass is 287 g/mol. The smallest absolute Gasteiger partial charge is 0.250 e. The first-order chi connectivity index (χ1) is 9.97. The Bertz CT molecular complexity index is 648. The number of aromatic nitrogens is 2. The highest BCUT2D eigenvalue weighted by atomic mass is 16.1. The quantitative estimate of drug-likeness (QED) is 0.556. The zero-order chi connectivity index (χ0) is 15.4. The van der Waals surface area contributed by atoms with Gasteiger partial charge in [-0.2, -0.15) is 5.10 Å². The summed E-state index contributed by atoms with van der Waals surface area (Å²) in [5, 5.41) is 7.63. The van der Waals surface area contributed by atoms with Crippen LogP contribution in [-0.4, -0.2) is 22.2 Å². The van der Waals surface area contributed by atoms with E-state index in [1.54, 1.807) is 18.2 Å². The van der Waals surface area contributed by atoms with E-state index in [9.17, 15) is 4.79 Å². The van der Waals surface area contributed by atoms with Crippen molar-refractivity contribution in [2.45, 2.75) is 26.8 Å². The van der Waals surface area contributed by atoms with E-state index in [4.69, 9.17) is 11.5 Å². The van der Waals surface area contributed by atoms with Gasteiger partial charge in [0.05, 0.1) is 11.3 Å². The van der Waals surface area contributed by atoms with Crippen molar-refractivity contribution in [3.8, 4) is 0 Å². The molecule has 0 bridgehead atoms. The van der Waals surface area contributed by atoms with E-state index in [0.717, 1.165) is 30.9 Å². The van der Waals surface area contributed by atoms with Gasteiger partial charge in [0.1, 0.15) is 0 Å². The predicted octanol–water partition coefficient (Wildman–Crippen LogP) is 1.68. The molecule has 0 spiro atoms. The second kappa shape index (κ2) is 6.30. The van der Waals surface area contributed by atoms with Crippen molar-refractivity contribution in [3.63, 3.8) is 0 Å². The fraction of sp³-hybridized carbons (Fsp3) is 0.333. The maximum Gasteiger partial charge on any atom is 0.250 e. The number of anilines is 2. The molecule has 2 aromatic rings. The van der Waals surface area contributed by atoms with Crippen molar-refractivity contribution in [1.82, 2.24) is 9.78 Å². The fourth-order valence-corrected chi connectivity index (χ4v) is 2.27. The molecule has 1 heterocycles. The molecule has 0 saturated carbocycles. The molecule has 1 aromatic carbocycles. The topological polar surface area (TPSA) is 99.0 Å².